The number of carbonyl (C=O) groups is 1. The van der Waals surface area contributed by atoms with Crippen molar-refractivity contribution in [3.05, 3.63) is 33.1 Å². The Morgan fingerprint density at radius 1 is 1.33 bits per heavy atom. The molecule has 2 aliphatic heterocycles. The van der Waals surface area contributed by atoms with Gasteiger partial charge in [0.2, 0.25) is 5.91 Å². The average molecular weight is 336 g/mol. The SMILES string of the molecule is C[C@@]1(O)CN(CC(=O)N2CCCC2)CC[C@H]1n1ccc(=O)[nH]c1=O. The number of aromatic amines is 1. The summed E-state index contributed by atoms with van der Waals surface area (Å²) in [5, 5.41) is 10.8. The van der Waals surface area contributed by atoms with Crippen LogP contribution in [0.15, 0.2) is 21.9 Å². The van der Waals surface area contributed by atoms with Crippen molar-refractivity contribution in [2.24, 2.45) is 0 Å². The van der Waals surface area contributed by atoms with Gasteiger partial charge in [-0.1, -0.05) is 0 Å². The lowest BCUT2D eigenvalue weighted by molar-refractivity contribution is -0.133. The first kappa shape index (κ1) is 16.9. The molecule has 1 amide bonds. The van der Waals surface area contributed by atoms with Gasteiger partial charge in [-0.25, -0.2) is 4.79 Å². The van der Waals surface area contributed by atoms with Gasteiger partial charge in [0.1, 0.15) is 0 Å². The Morgan fingerprint density at radius 2 is 2.04 bits per heavy atom. The van der Waals surface area contributed by atoms with Gasteiger partial charge in [0.15, 0.2) is 0 Å². The molecule has 0 saturated carbocycles. The summed E-state index contributed by atoms with van der Waals surface area (Å²) < 4.78 is 1.38. The summed E-state index contributed by atoms with van der Waals surface area (Å²) in [6.07, 6.45) is 4.07. The molecule has 3 heterocycles. The molecule has 0 aromatic carbocycles. The third kappa shape index (κ3) is 3.44. The lowest BCUT2D eigenvalue weighted by atomic mass is 9.88. The summed E-state index contributed by atoms with van der Waals surface area (Å²) in [5.74, 6) is 0.1000. The minimum atomic E-state index is -1.16. The third-order valence-corrected chi connectivity index (χ3v) is 4.98. The molecule has 8 nitrogen and oxygen atoms in total. The van der Waals surface area contributed by atoms with Crippen molar-refractivity contribution < 1.29 is 9.90 Å². The second kappa shape index (κ2) is 6.52. The van der Waals surface area contributed by atoms with E-state index in [1.165, 1.54) is 16.8 Å². The van der Waals surface area contributed by atoms with Crippen LogP contribution in [0, 0.1) is 0 Å². The van der Waals surface area contributed by atoms with Crippen molar-refractivity contribution in [3.63, 3.8) is 0 Å². The minimum Gasteiger partial charge on any atom is -0.387 e. The van der Waals surface area contributed by atoms with E-state index in [4.69, 9.17) is 0 Å². The van der Waals surface area contributed by atoms with Crippen LogP contribution in [-0.2, 0) is 4.79 Å². The Labute approximate surface area is 139 Å². The Kier molecular flexibility index (Phi) is 4.60. The minimum absolute atomic E-state index is 0.1000. The number of likely N-dealkylation sites (tertiary alicyclic amines) is 2. The molecule has 2 saturated heterocycles. The van der Waals surface area contributed by atoms with Crippen molar-refractivity contribution >= 4 is 5.91 Å². The predicted molar refractivity (Wildman–Crippen MR) is 87.9 cm³/mol. The highest BCUT2D eigenvalue weighted by Crippen LogP contribution is 2.30. The lowest BCUT2D eigenvalue weighted by Gasteiger charge is -2.43. The maximum atomic E-state index is 12.3. The summed E-state index contributed by atoms with van der Waals surface area (Å²) >= 11 is 0. The number of aromatic nitrogens is 2. The molecule has 2 fully saturated rings. The van der Waals surface area contributed by atoms with Crippen LogP contribution in [0.3, 0.4) is 0 Å². The molecule has 132 valence electrons. The van der Waals surface area contributed by atoms with Crippen LogP contribution in [0.5, 0.6) is 0 Å². The average Bonchev–Trinajstić information content (AvgIpc) is 3.02. The van der Waals surface area contributed by atoms with Crippen LogP contribution < -0.4 is 11.2 Å². The molecule has 2 N–H and O–H groups in total. The molecule has 8 heteroatoms. The van der Waals surface area contributed by atoms with Gasteiger partial charge in [-0.05, 0) is 26.2 Å². The molecular weight excluding hydrogens is 312 g/mol. The fourth-order valence-electron chi connectivity index (χ4n) is 3.76. The van der Waals surface area contributed by atoms with Crippen molar-refractivity contribution in [3.8, 4) is 0 Å². The van der Waals surface area contributed by atoms with E-state index < -0.39 is 22.9 Å². The number of rotatable bonds is 3. The van der Waals surface area contributed by atoms with E-state index in [0.29, 0.717) is 26.1 Å². The van der Waals surface area contributed by atoms with Crippen LogP contribution >= 0.6 is 0 Å². The second-order valence-corrected chi connectivity index (χ2v) is 6.98. The molecule has 1 aromatic heterocycles. The summed E-state index contributed by atoms with van der Waals surface area (Å²) in [7, 11) is 0. The van der Waals surface area contributed by atoms with Gasteiger partial charge < -0.3 is 10.0 Å². The van der Waals surface area contributed by atoms with E-state index in [1.807, 2.05) is 9.80 Å². The van der Waals surface area contributed by atoms with E-state index in [-0.39, 0.29) is 5.91 Å². The second-order valence-electron chi connectivity index (χ2n) is 6.98. The third-order valence-electron chi connectivity index (χ3n) is 4.98. The van der Waals surface area contributed by atoms with Gasteiger partial charge in [0.05, 0.1) is 18.2 Å². The zero-order chi connectivity index (χ0) is 17.3. The van der Waals surface area contributed by atoms with Gasteiger partial charge in [-0.2, -0.15) is 0 Å². The van der Waals surface area contributed by atoms with Crippen LogP contribution in [0.1, 0.15) is 32.2 Å². The topological polar surface area (TPSA) is 98.6 Å². The number of piperidine rings is 1. The highest BCUT2D eigenvalue weighted by atomic mass is 16.3. The first-order chi connectivity index (χ1) is 11.4. The highest BCUT2D eigenvalue weighted by Gasteiger charge is 2.40. The van der Waals surface area contributed by atoms with Gasteiger partial charge >= 0.3 is 5.69 Å². The molecular formula is C16H24N4O4. The molecule has 0 radical (unpaired) electrons. The van der Waals surface area contributed by atoms with E-state index >= 15 is 0 Å². The summed E-state index contributed by atoms with van der Waals surface area (Å²) in [6, 6.07) is 0.848. The Balaban J connectivity index is 1.69. The van der Waals surface area contributed by atoms with Gasteiger partial charge in [-0.3, -0.25) is 24.0 Å². The van der Waals surface area contributed by atoms with E-state index in [9.17, 15) is 19.5 Å². The Hall–Kier alpha value is -1.93. The number of hydrogen-bond acceptors (Lipinski definition) is 5. The number of aliphatic hydroxyl groups is 1. The summed E-state index contributed by atoms with van der Waals surface area (Å²) in [5.41, 5.74) is -2.13. The fraction of sp³-hybridized carbons (Fsp3) is 0.688. The molecule has 0 aliphatic carbocycles. The van der Waals surface area contributed by atoms with Crippen LogP contribution in [0.2, 0.25) is 0 Å². The Morgan fingerprint density at radius 3 is 2.67 bits per heavy atom. The largest absolute Gasteiger partial charge is 0.387 e. The molecule has 2 atom stereocenters. The van der Waals surface area contributed by atoms with Gasteiger partial charge in [0.25, 0.3) is 5.56 Å². The van der Waals surface area contributed by atoms with Crippen molar-refractivity contribution in [2.75, 3.05) is 32.7 Å². The normalized spacial score (nSPS) is 28.2. The van der Waals surface area contributed by atoms with Crippen LogP contribution in [-0.4, -0.2) is 68.7 Å². The van der Waals surface area contributed by atoms with Gasteiger partial charge in [-0.15, -0.1) is 0 Å². The molecule has 0 bridgehead atoms. The molecule has 24 heavy (non-hydrogen) atoms. The fourth-order valence-corrected chi connectivity index (χ4v) is 3.76. The molecule has 0 unspecified atom stereocenters. The van der Waals surface area contributed by atoms with Crippen LogP contribution in [0.25, 0.3) is 0 Å². The standard InChI is InChI=1S/C16H24N4O4/c1-16(24)11-18(10-14(22)19-6-2-3-7-19)8-4-12(16)20-9-5-13(21)17-15(20)23/h5,9,12,24H,2-4,6-8,10-11H2,1H3,(H,17,21,23)/t12-,16-/m1/s1. The number of amides is 1. The molecule has 2 aliphatic rings. The van der Waals surface area contributed by atoms with E-state index in [2.05, 4.69) is 4.98 Å². The smallest absolute Gasteiger partial charge is 0.328 e. The van der Waals surface area contributed by atoms with E-state index in [0.717, 1.165) is 25.9 Å². The first-order valence-corrected chi connectivity index (χ1v) is 8.41. The van der Waals surface area contributed by atoms with Crippen molar-refractivity contribution in [1.29, 1.82) is 0 Å². The monoisotopic (exact) mass is 336 g/mol. The number of hydrogen-bond donors (Lipinski definition) is 2. The summed E-state index contributed by atoms with van der Waals surface area (Å²) in [6.45, 7) is 4.52. The number of H-pyrrole nitrogens is 1. The predicted octanol–water partition coefficient (Wildman–Crippen LogP) is -0.843. The maximum Gasteiger partial charge on any atom is 0.328 e. The molecule has 3 rings (SSSR count). The number of β-amino-alcohol motifs (C(OH)–C–C–N with tert-alkyl or cyclic N) is 1. The van der Waals surface area contributed by atoms with E-state index in [1.54, 1.807) is 6.92 Å². The zero-order valence-electron chi connectivity index (χ0n) is 13.9. The Bertz CT molecular complexity index is 717. The maximum absolute atomic E-state index is 12.3. The highest BCUT2D eigenvalue weighted by molar-refractivity contribution is 5.78. The van der Waals surface area contributed by atoms with Gasteiger partial charge in [0, 0.05) is 38.4 Å². The number of carbonyl (C=O) groups excluding carboxylic acids is 1. The van der Waals surface area contributed by atoms with Crippen LogP contribution in [0.4, 0.5) is 0 Å². The lowest BCUT2D eigenvalue weighted by Crippen LogP contribution is -2.56. The number of nitrogens with zero attached hydrogens (tertiary/aromatic N) is 3. The molecule has 0 spiro atoms. The van der Waals surface area contributed by atoms with Crippen molar-refractivity contribution in [1.82, 2.24) is 19.4 Å². The molecule has 1 aromatic rings. The first-order valence-electron chi connectivity index (χ1n) is 8.41. The quantitative estimate of drug-likeness (QED) is 0.750. The number of nitrogens with one attached hydrogen (secondary N) is 1. The summed E-state index contributed by atoms with van der Waals surface area (Å²) in [4.78, 5) is 41.5. The van der Waals surface area contributed by atoms with Crippen molar-refractivity contribution in [2.45, 2.75) is 37.8 Å². The zero-order valence-corrected chi connectivity index (χ0v) is 13.9.